The van der Waals surface area contributed by atoms with Crippen molar-refractivity contribution >= 4 is 28.9 Å². The molecule has 0 radical (unpaired) electrons. The molecule has 8 heteroatoms. The van der Waals surface area contributed by atoms with Crippen LogP contribution >= 0.6 is 12.2 Å². The molecule has 4 rings (SSSR count). The van der Waals surface area contributed by atoms with Crippen molar-refractivity contribution in [1.29, 1.82) is 0 Å². The number of aromatic amines is 1. The van der Waals surface area contributed by atoms with Crippen LogP contribution in [-0.2, 0) is 4.79 Å². The molecule has 0 saturated carbocycles. The first-order valence-electron chi connectivity index (χ1n) is 10.5. The second kappa shape index (κ2) is 9.40. The number of methoxy groups -OCH3 is 1. The Balaban J connectivity index is 1.55. The SMILES string of the molecule is COc1ccccc1NC(=O)CCN1C(=S)N[C@@H](c2ccccn2)[C@H]1c1cc(C)[nH]c1C. The number of pyridine rings is 1. The summed E-state index contributed by atoms with van der Waals surface area (Å²) in [5, 5.41) is 6.99. The summed E-state index contributed by atoms with van der Waals surface area (Å²) < 4.78 is 5.33. The van der Waals surface area contributed by atoms with E-state index in [2.05, 4.69) is 38.5 Å². The van der Waals surface area contributed by atoms with E-state index in [1.165, 1.54) is 0 Å². The maximum absolute atomic E-state index is 12.7. The number of anilines is 1. The molecule has 1 saturated heterocycles. The molecule has 1 amide bonds. The van der Waals surface area contributed by atoms with Crippen LogP contribution in [0.4, 0.5) is 5.69 Å². The fraction of sp³-hybridized carbons (Fsp3) is 0.292. The van der Waals surface area contributed by atoms with Gasteiger partial charge in [-0.2, -0.15) is 0 Å². The second-order valence-corrected chi connectivity index (χ2v) is 8.24. The molecule has 3 N–H and O–H groups in total. The number of aromatic nitrogens is 2. The van der Waals surface area contributed by atoms with E-state index in [9.17, 15) is 4.79 Å². The van der Waals surface area contributed by atoms with E-state index in [4.69, 9.17) is 17.0 Å². The normalized spacial score (nSPS) is 17.8. The molecule has 0 spiro atoms. The topological polar surface area (TPSA) is 82.3 Å². The van der Waals surface area contributed by atoms with Gasteiger partial charge >= 0.3 is 0 Å². The Morgan fingerprint density at radius 3 is 2.69 bits per heavy atom. The number of carbonyl (C=O) groups is 1. The largest absolute Gasteiger partial charge is 0.495 e. The van der Waals surface area contributed by atoms with Crippen LogP contribution in [0.5, 0.6) is 5.75 Å². The van der Waals surface area contributed by atoms with Crippen LogP contribution in [0.2, 0.25) is 0 Å². The Morgan fingerprint density at radius 1 is 1.22 bits per heavy atom. The minimum absolute atomic E-state index is 0.0681. The molecule has 2 atom stereocenters. The molecule has 0 bridgehead atoms. The molecular weight excluding hydrogens is 422 g/mol. The molecule has 1 aliphatic rings. The first kappa shape index (κ1) is 21.8. The van der Waals surface area contributed by atoms with Gasteiger partial charge in [0.25, 0.3) is 0 Å². The highest BCUT2D eigenvalue weighted by molar-refractivity contribution is 7.80. The molecule has 3 heterocycles. The number of amides is 1. The number of nitrogens with one attached hydrogen (secondary N) is 3. The minimum Gasteiger partial charge on any atom is -0.495 e. The van der Waals surface area contributed by atoms with Crippen molar-refractivity contribution in [2.75, 3.05) is 19.0 Å². The van der Waals surface area contributed by atoms with Crippen molar-refractivity contribution in [3.63, 3.8) is 0 Å². The van der Waals surface area contributed by atoms with Gasteiger partial charge in [0.15, 0.2) is 5.11 Å². The van der Waals surface area contributed by atoms with Crippen molar-refractivity contribution in [2.24, 2.45) is 0 Å². The number of ether oxygens (including phenoxy) is 1. The standard InChI is InChI=1S/C24H27N5O2S/c1-15-14-17(16(2)26-15)23-22(19-9-6-7-12-25-19)28-24(32)29(23)13-11-21(30)27-18-8-4-5-10-20(18)31-3/h4-10,12,14,22-23,26H,11,13H2,1-3H3,(H,27,30)(H,28,32)/t22-,23+/m0/s1. The van der Waals surface area contributed by atoms with Crippen molar-refractivity contribution in [2.45, 2.75) is 32.4 Å². The van der Waals surface area contributed by atoms with Crippen molar-refractivity contribution in [3.05, 3.63) is 77.4 Å². The lowest BCUT2D eigenvalue weighted by molar-refractivity contribution is -0.116. The summed E-state index contributed by atoms with van der Waals surface area (Å²) >= 11 is 5.69. The molecule has 7 nitrogen and oxygen atoms in total. The highest BCUT2D eigenvalue weighted by atomic mass is 32.1. The zero-order valence-electron chi connectivity index (χ0n) is 18.4. The Morgan fingerprint density at radius 2 is 2.00 bits per heavy atom. The smallest absolute Gasteiger partial charge is 0.226 e. The highest BCUT2D eigenvalue weighted by Gasteiger charge is 2.40. The summed E-state index contributed by atoms with van der Waals surface area (Å²) in [6.07, 6.45) is 2.07. The predicted octanol–water partition coefficient (Wildman–Crippen LogP) is 4.04. The Kier molecular flexibility index (Phi) is 6.41. The molecule has 166 valence electrons. The molecule has 1 aliphatic heterocycles. The van der Waals surface area contributed by atoms with Crippen LogP contribution < -0.4 is 15.4 Å². The molecule has 1 aromatic carbocycles. The van der Waals surface area contributed by atoms with Crippen molar-refractivity contribution < 1.29 is 9.53 Å². The quantitative estimate of drug-likeness (QED) is 0.473. The summed E-state index contributed by atoms with van der Waals surface area (Å²) in [7, 11) is 1.59. The summed E-state index contributed by atoms with van der Waals surface area (Å²) in [4.78, 5) is 22.8. The number of nitrogens with zero attached hydrogens (tertiary/aromatic N) is 2. The third kappa shape index (κ3) is 4.45. The average molecular weight is 450 g/mol. The summed E-state index contributed by atoms with van der Waals surface area (Å²) in [6.45, 7) is 4.58. The van der Waals surface area contributed by atoms with Gasteiger partial charge in [-0.05, 0) is 62.0 Å². The Bertz CT molecular complexity index is 1110. The third-order valence-electron chi connectivity index (χ3n) is 5.67. The number of carbonyl (C=O) groups excluding carboxylic acids is 1. The van der Waals surface area contributed by atoms with Gasteiger partial charge in [-0.3, -0.25) is 9.78 Å². The van der Waals surface area contributed by atoms with Crippen LogP contribution in [0.3, 0.4) is 0 Å². The van der Waals surface area contributed by atoms with Crippen LogP contribution in [0.15, 0.2) is 54.7 Å². The monoisotopic (exact) mass is 449 g/mol. The second-order valence-electron chi connectivity index (χ2n) is 7.85. The van der Waals surface area contributed by atoms with Gasteiger partial charge in [0.05, 0.1) is 30.6 Å². The van der Waals surface area contributed by atoms with Gasteiger partial charge < -0.3 is 25.3 Å². The van der Waals surface area contributed by atoms with Crippen LogP contribution in [0.1, 0.15) is 41.1 Å². The maximum Gasteiger partial charge on any atom is 0.226 e. The molecular formula is C24H27N5O2S. The number of benzene rings is 1. The van der Waals surface area contributed by atoms with E-state index in [-0.39, 0.29) is 24.4 Å². The Labute approximate surface area is 193 Å². The van der Waals surface area contributed by atoms with Crippen LogP contribution in [-0.4, -0.2) is 39.5 Å². The van der Waals surface area contributed by atoms with Crippen LogP contribution in [0, 0.1) is 13.8 Å². The highest BCUT2D eigenvalue weighted by Crippen LogP contribution is 2.40. The molecule has 0 unspecified atom stereocenters. The van der Waals surface area contributed by atoms with E-state index in [1.54, 1.807) is 13.3 Å². The van der Waals surface area contributed by atoms with E-state index >= 15 is 0 Å². The molecule has 2 aromatic heterocycles. The van der Waals surface area contributed by atoms with Gasteiger partial charge in [-0.15, -0.1) is 0 Å². The molecule has 3 aromatic rings. The van der Waals surface area contributed by atoms with Gasteiger partial charge in [-0.25, -0.2) is 0 Å². The number of hydrogen-bond donors (Lipinski definition) is 3. The maximum atomic E-state index is 12.7. The summed E-state index contributed by atoms with van der Waals surface area (Å²) in [6, 6.07) is 15.2. The van der Waals surface area contributed by atoms with E-state index in [1.807, 2.05) is 49.4 Å². The lowest BCUT2D eigenvalue weighted by Gasteiger charge is -2.27. The fourth-order valence-corrected chi connectivity index (χ4v) is 4.55. The summed E-state index contributed by atoms with van der Waals surface area (Å²) in [5.74, 6) is 0.532. The lowest BCUT2D eigenvalue weighted by atomic mass is 9.96. The van der Waals surface area contributed by atoms with E-state index < -0.39 is 0 Å². The zero-order chi connectivity index (χ0) is 22.7. The van der Waals surface area contributed by atoms with E-state index in [0.717, 1.165) is 22.6 Å². The van der Waals surface area contributed by atoms with E-state index in [0.29, 0.717) is 23.1 Å². The van der Waals surface area contributed by atoms with Crippen molar-refractivity contribution in [3.8, 4) is 5.75 Å². The summed E-state index contributed by atoms with van der Waals surface area (Å²) in [5.41, 5.74) is 4.89. The van der Waals surface area contributed by atoms with Gasteiger partial charge in [0.2, 0.25) is 5.91 Å². The predicted molar refractivity (Wildman–Crippen MR) is 129 cm³/mol. The molecule has 1 fully saturated rings. The lowest BCUT2D eigenvalue weighted by Crippen LogP contribution is -2.32. The molecule has 0 aliphatic carbocycles. The number of aryl methyl sites for hydroxylation is 2. The van der Waals surface area contributed by atoms with Gasteiger partial charge in [-0.1, -0.05) is 18.2 Å². The molecule has 32 heavy (non-hydrogen) atoms. The first-order chi connectivity index (χ1) is 15.5. The average Bonchev–Trinajstić information content (AvgIpc) is 3.30. The minimum atomic E-state index is -0.102. The third-order valence-corrected chi connectivity index (χ3v) is 6.02. The first-order valence-corrected chi connectivity index (χ1v) is 11.0. The van der Waals surface area contributed by atoms with Crippen molar-refractivity contribution in [1.82, 2.24) is 20.2 Å². The number of rotatable bonds is 7. The number of para-hydroxylation sites is 2. The number of hydrogen-bond acceptors (Lipinski definition) is 4. The Hall–Kier alpha value is -3.39. The van der Waals surface area contributed by atoms with Gasteiger partial charge in [0, 0.05) is 30.6 Å². The number of H-pyrrole nitrogens is 1. The van der Waals surface area contributed by atoms with Crippen LogP contribution in [0.25, 0.3) is 0 Å². The number of thiocarbonyl (C=S) groups is 1. The van der Waals surface area contributed by atoms with Gasteiger partial charge in [0.1, 0.15) is 5.75 Å². The fourth-order valence-electron chi connectivity index (χ4n) is 4.22. The zero-order valence-corrected chi connectivity index (χ0v) is 19.2.